The molecule has 1 amide bonds. The minimum absolute atomic E-state index is 0.0580. The third-order valence-corrected chi connectivity index (χ3v) is 5.25. The van der Waals surface area contributed by atoms with Crippen LogP contribution in [0.2, 0.25) is 0 Å². The van der Waals surface area contributed by atoms with Gasteiger partial charge in [0.1, 0.15) is 6.54 Å². The van der Waals surface area contributed by atoms with E-state index in [2.05, 4.69) is 10.4 Å². The molecule has 0 saturated carbocycles. The lowest BCUT2D eigenvalue weighted by Crippen LogP contribution is -2.39. The summed E-state index contributed by atoms with van der Waals surface area (Å²) in [4.78, 5) is 25.3. The minimum Gasteiger partial charge on any atom is -0.376 e. The fraction of sp³-hybridized carbons (Fsp3) is 0.348. The van der Waals surface area contributed by atoms with Gasteiger partial charge in [-0.05, 0) is 30.9 Å². The van der Waals surface area contributed by atoms with E-state index < -0.39 is 0 Å². The number of hydrogen-bond acceptors (Lipinski definition) is 4. The smallest absolute Gasteiger partial charge is 0.275 e. The molecule has 6 nitrogen and oxygen atoms in total. The van der Waals surface area contributed by atoms with Crippen LogP contribution < -0.4 is 10.9 Å². The molecule has 1 aromatic heterocycles. The van der Waals surface area contributed by atoms with Crippen molar-refractivity contribution in [1.29, 1.82) is 0 Å². The molecule has 1 N–H and O–H groups in total. The molecule has 1 saturated heterocycles. The third kappa shape index (κ3) is 4.71. The number of fused-ring (bicyclic) bond motifs is 1. The van der Waals surface area contributed by atoms with Gasteiger partial charge in [0.2, 0.25) is 5.91 Å². The number of nitrogens with one attached hydrogen (secondary N) is 1. The summed E-state index contributed by atoms with van der Waals surface area (Å²) in [6.07, 6.45) is 3.80. The Morgan fingerprint density at radius 2 is 1.83 bits per heavy atom. The number of benzene rings is 2. The maximum Gasteiger partial charge on any atom is 0.275 e. The largest absolute Gasteiger partial charge is 0.376 e. The molecule has 1 atom stereocenters. The van der Waals surface area contributed by atoms with Gasteiger partial charge in [0.15, 0.2) is 0 Å². The van der Waals surface area contributed by atoms with E-state index in [1.165, 1.54) is 4.68 Å². The summed E-state index contributed by atoms with van der Waals surface area (Å²) >= 11 is 0. The fourth-order valence-electron chi connectivity index (χ4n) is 3.72. The van der Waals surface area contributed by atoms with Crippen molar-refractivity contribution in [1.82, 2.24) is 15.1 Å². The van der Waals surface area contributed by atoms with Gasteiger partial charge in [-0.25, -0.2) is 4.68 Å². The van der Waals surface area contributed by atoms with Crippen LogP contribution in [0.1, 0.15) is 30.5 Å². The Bertz CT molecular complexity index is 1040. The number of hydrogen-bond donors (Lipinski definition) is 1. The van der Waals surface area contributed by atoms with Crippen LogP contribution in [0.4, 0.5) is 0 Å². The van der Waals surface area contributed by atoms with Crippen LogP contribution in [-0.2, 0) is 22.5 Å². The first-order valence-corrected chi connectivity index (χ1v) is 10.1. The highest BCUT2D eigenvalue weighted by atomic mass is 16.5. The van der Waals surface area contributed by atoms with Gasteiger partial charge in [-0.3, -0.25) is 9.59 Å². The highest BCUT2D eigenvalue weighted by Crippen LogP contribution is 2.17. The molecule has 4 rings (SSSR count). The molecule has 0 bridgehead atoms. The zero-order valence-corrected chi connectivity index (χ0v) is 16.3. The van der Waals surface area contributed by atoms with Gasteiger partial charge in [0.05, 0.1) is 17.2 Å². The summed E-state index contributed by atoms with van der Waals surface area (Å²) in [5.41, 5.74) is 1.64. The van der Waals surface area contributed by atoms with Crippen molar-refractivity contribution in [3.63, 3.8) is 0 Å². The van der Waals surface area contributed by atoms with E-state index in [1.807, 2.05) is 48.5 Å². The number of aromatic nitrogens is 2. The molecule has 0 unspecified atom stereocenters. The van der Waals surface area contributed by atoms with Crippen LogP contribution in [0, 0.1) is 0 Å². The van der Waals surface area contributed by atoms with Crippen LogP contribution in [0.25, 0.3) is 10.8 Å². The van der Waals surface area contributed by atoms with Crippen LogP contribution in [0.5, 0.6) is 0 Å². The average molecular weight is 391 g/mol. The number of ether oxygens (including phenoxy) is 1. The molecule has 1 aliphatic rings. The van der Waals surface area contributed by atoms with Crippen molar-refractivity contribution >= 4 is 16.7 Å². The van der Waals surface area contributed by atoms with Gasteiger partial charge in [0.25, 0.3) is 5.56 Å². The molecule has 3 aromatic rings. The predicted octanol–water partition coefficient (Wildman–Crippen LogP) is 2.67. The Morgan fingerprint density at radius 3 is 2.59 bits per heavy atom. The van der Waals surface area contributed by atoms with E-state index in [9.17, 15) is 9.59 Å². The first-order chi connectivity index (χ1) is 14.2. The van der Waals surface area contributed by atoms with Crippen LogP contribution >= 0.6 is 0 Å². The van der Waals surface area contributed by atoms with Crippen LogP contribution in [0.3, 0.4) is 0 Å². The van der Waals surface area contributed by atoms with E-state index in [1.54, 1.807) is 6.07 Å². The Hall–Kier alpha value is -2.99. The molecule has 0 radical (unpaired) electrons. The van der Waals surface area contributed by atoms with E-state index in [-0.39, 0.29) is 24.1 Å². The Kier molecular flexibility index (Phi) is 6.00. The number of carbonyl (C=O) groups is 1. The van der Waals surface area contributed by atoms with Crippen molar-refractivity contribution in [2.24, 2.45) is 0 Å². The van der Waals surface area contributed by atoms with Gasteiger partial charge in [-0.1, -0.05) is 48.5 Å². The van der Waals surface area contributed by atoms with E-state index >= 15 is 0 Å². The van der Waals surface area contributed by atoms with Crippen molar-refractivity contribution in [3.8, 4) is 0 Å². The summed E-state index contributed by atoms with van der Waals surface area (Å²) in [5.74, 6) is -0.227. The number of amides is 1. The van der Waals surface area contributed by atoms with Crippen molar-refractivity contribution < 1.29 is 9.53 Å². The lowest BCUT2D eigenvalue weighted by molar-refractivity contribution is -0.122. The highest BCUT2D eigenvalue weighted by Gasteiger charge is 2.16. The maximum absolute atomic E-state index is 12.9. The SMILES string of the molecule is O=C(Cn1nc(Cc2ccccc2)c2ccccc2c1=O)NC[C@@H]1CCCCO1. The minimum atomic E-state index is -0.249. The van der Waals surface area contributed by atoms with Gasteiger partial charge in [-0.2, -0.15) is 5.10 Å². The molecule has 0 aliphatic carbocycles. The lowest BCUT2D eigenvalue weighted by atomic mass is 10.0. The first-order valence-electron chi connectivity index (χ1n) is 10.1. The third-order valence-electron chi connectivity index (χ3n) is 5.25. The van der Waals surface area contributed by atoms with E-state index in [4.69, 9.17) is 4.74 Å². The van der Waals surface area contributed by atoms with Crippen molar-refractivity contribution in [3.05, 3.63) is 76.2 Å². The monoisotopic (exact) mass is 391 g/mol. The Morgan fingerprint density at radius 1 is 1.07 bits per heavy atom. The molecule has 0 spiro atoms. The molecule has 1 aliphatic heterocycles. The van der Waals surface area contributed by atoms with Crippen LogP contribution in [-0.4, -0.2) is 34.9 Å². The predicted molar refractivity (Wildman–Crippen MR) is 112 cm³/mol. The Labute approximate surface area is 169 Å². The van der Waals surface area contributed by atoms with Gasteiger partial charge in [0, 0.05) is 25.0 Å². The standard InChI is InChI=1S/C23H25N3O3/c27-22(24-15-18-10-6-7-13-29-18)16-26-23(28)20-12-5-4-11-19(20)21(25-26)14-17-8-2-1-3-9-17/h1-5,8-9,11-12,18H,6-7,10,13-16H2,(H,24,27)/t18-/m0/s1. The second-order valence-electron chi connectivity index (χ2n) is 7.41. The van der Waals surface area contributed by atoms with Gasteiger partial charge in [-0.15, -0.1) is 0 Å². The first kappa shape index (κ1) is 19.3. The topological polar surface area (TPSA) is 73.2 Å². The zero-order valence-electron chi connectivity index (χ0n) is 16.3. The molecule has 2 heterocycles. The van der Waals surface area contributed by atoms with E-state index in [0.717, 1.165) is 42.5 Å². The second-order valence-corrected chi connectivity index (χ2v) is 7.41. The lowest BCUT2D eigenvalue weighted by Gasteiger charge is -2.22. The molecular formula is C23H25N3O3. The van der Waals surface area contributed by atoms with E-state index in [0.29, 0.717) is 18.4 Å². The number of nitrogens with zero attached hydrogens (tertiary/aromatic N) is 2. The van der Waals surface area contributed by atoms with Crippen molar-refractivity contribution in [2.75, 3.05) is 13.2 Å². The molecule has 6 heteroatoms. The molecule has 1 fully saturated rings. The molecule has 29 heavy (non-hydrogen) atoms. The summed E-state index contributed by atoms with van der Waals surface area (Å²) in [6, 6.07) is 17.4. The summed E-state index contributed by atoms with van der Waals surface area (Å²) in [5, 5.41) is 8.83. The van der Waals surface area contributed by atoms with Gasteiger partial charge < -0.3 is 10.1 Å². The summed E-state index contributed by atoms with van der Waals surface area (Å²) < 4.78 is 6.92. The molecule has 2 aromatic carbocycles. The molecular weight excluding hydrogens is 366 g/mol. The normalized spacial score (nSPS) is 16.6. The summed E-state index contributed by atoms with van der Waals surface area (Å²) in [6.45, 7) is 1.12. The highest BCUT2D eigenvalue weighted by molar-refractivity contribution is 5.84. The molecule has 150 valence electrons. The average Bonchev–Trinajstić information content (AvgIpc) is 2.77. The zero-order chi connectivity index (χ0) is 20.1. The fourth-order valence-corrected chi connectivity index (χ4v) is 3.72. The number of carbonyl (C=O) groups excluding carboxylic acids is 1. The second kappa shape index (κ2) is 9.01. The summed E-state index contributed by atoms with van der Waals surface area (Å²) in [7, 11) is 0. The van der Waals surface area contributed by atoms with Crippen LogP contribution in [0.15, 0.2) is 59.4 Å². The quantitative estimate of drug-likeness (QED) is 0.701. The maximum atomic E-state index is 12.9. The number of rotatable bonds is 6. The van der Waals surface area contributed by atoms with Gasteiger partial charge >= 0.3 is 0 Å². The Balaban J connectivity index is 1.56. The van der Waals surface area contributed by atoms with Crippen molar-refractivity contribution in [2.45, 2.75) is 38.3 Å².